The lowest BCUT2D eigenvalue weighted by Gasteiger charge is -2.38. The summed E-state index contributed by atoms with van der Waals surface area (Å²) in [4.78, 5) is 51.5. The summed E-state index contributed by atoms with van der Waals surface area (Å²) in [5, 5.41) is 13.2. The summed E-state index contributed by atoms with van der Waals surface area (Å²) in [5.74, 6) is 0.00939. The second kappa shape index (κ2) is 16.4. The molecule has 0 saturated heterocycles. The first-order valence-electron chi connectivity index (χ1n) is 19.6. The Morgan fingerprint density at radius 3 is 2.40 bits per heavy atom. The molecule has 3 atom stereocenters. The van der Waals surface area contributed by atoms with Gasteiger partial charge >= 0.3 is 5.97 Å². The van der Waals surface area contributed by atoms with Gasteiger partial charge in [-0.2, -0.15) is 0 Å². The normalized spacial score (nSPS) is 16.6. The van der Waals surface area contributed by atoms with Gasteiger partial charge in [0, 0.05) is 31.8 Å². The van der Waals surface area contributed by atoms with Crippen molar-refractivity contribution in [2.45, 2.75) is 85.9 Å². The number of carbonyl (C=O) groups excluding carboxylic acids is 2. The van der Waals surface area contributed by atoms with Crippen molar-refractivity contribution in [3.05, 3.63) is 124 Å². The molecule has 2 aromatic heterocycles. The maximum absolute atomic E-state index is 14.5. The molecule has 2 aliphatic heterocycles. The van der Waals surface area contributed by atoms with Gasteiger partial charge in [0.15, 0.2) is 29.2 Å². The molecule has 3 aromatic carbocycles. The minimum atomic E-state index is -1.29. The number of rotatable bonds is 11. The Morgan fingerprint density at radius 2 is 1.72 bits per heavy atom. The van der Waals surface area contributed by atoms with Crippen LogP contribution in [0.15, 0.2) is 77.3 Å². The van der Waals surface area contributed by atoms with Crippen LogP contribution in [0.25, 0.3) is 11.1 Å². The van der Waals surface area contributed by atoms with E-state index in [-0.39, 0.29) is 30.7 Å². The van der Waals surface area contributed by atoms with Crippen molar-refractivity contribution in [3.8, 4) is 28.4 Å². The van der Waals surface area contributed by atoms with Gasteiger partial charge in [0.1, 0.15) is 30.2 Å². The third kappa shape index (κ3) is 8.70. The number of hydrogen-bond acceptors (Lipinski definition) is 9. The molecule has 0 saturated carbocycles. The zero-order chi connectivity index (χ0) is 41.3. The topological polar surface area (TPSA) is 153 Å². The fourth-order valence-electron chi connectivity index (χ4n) is 7.43. The summed E-state index contributed by atoms with van der Waals surface area (Å²) in [5.41, 5.74) is 7.19. The van der Waals surface area contributed by atoms with Crippen LogP contribution in [-0.2, 0) is 22.4 Å². The number of benzene rings is 3. The predicted octanol–water partition coefficient (Wildman–Crippen LogP) is 7.85. The zero-order valence-electron chi connectivity index (χ0n) is 34.0. The number of nitrogens with zero attached hydrogens (tertiary/aromatic N) is 3. The second-order valence-electron chi connectivity index (χ2n) is 16.3. The van der Waals surface area contributed by atoms with Gasteiger partial charge in [-0.3, -0.25) is 14.6 Å². The molecule has 0 radical (unpaired) electrons. The number of nitrogens with one attached hydrogen (secondary N) is 1. The number of aryl methyl sites for hydroxylation is 3. The quantitative estimate of drug-likeness (QED) is 0.135. The summed E-state index contributed by atoms with van der Waals surface area (Å²) < 4.78 is 24.3. The third-order valence-corrected chi connectivity index (χ3v) is 10.9. The number of oxazole rings is 1. The number of carbonyl (C=O) groups is 3. The highest BCUT2D eigenvalue weighted by Crippen LogP contribution is 2.43. The van der Waals surface area contributed by atoms with Crippen LogP contribution < -0.4 is 19.5 Å². The Balaban J connectivity index is 1.15. The van der Waals surface area contributed by atoms with Crippen LogP contribution in [0.5, 0.6) is 17.2 Å². The number of fused-ring (bicyclic) bond motifs is 2. The first-order valence-corrected chi connectivity index (χ1v) is 19.6. The number of hydrogen-bond donors (Lipinski definition) is 2. The van der Waals surface area contributed by atoms with Crippen molar-refractivity contribution < 1.29 is 38.1 Å². The molecule has 302 valence electrons. The van der Waals surface area contributed by atoms with Crippen LogP contribution >= 0.6 is 0 Å². The van der Waals surface area contributed by atoms with Crippen LogP contribution in [-0.4, -0.2) is 63.6 Å². The summed E-state index contributed by atoms with van der Waals surface area (Å²) in [6, 6.07) is 18.4. The van der Waals surface area contributed by atoms with Gasteiger partial charge < -0.3 is 34.0 Å². The van der Waals surface area contributed by atoms with E-state index < -0.39 is 36.0 Å². The first kappa shape index (κ1) is 40.0. The van der Waals surface area contributed by atoms with Crippen molar-refractivity contribution in [2.24, 2.45) is 5.41 Å². The smallest absolute Gasteiger partial charge is 0.326 e. The van der Waals surface area contributed by atoms with Crippen molar-refractivity contribution in [2.75, 3.05) is 19.8 Å². The third-order valence-electron chi connectivity index (χ3n) is 10.9. The number of aromatic nitrogens is 2. The minimum Gasteiger partial charge on any atom is -0.494 e. The molecule has 12 heteroatoms. The average Bonchev–Trinajstić information content (AvgIpc) is 3.54. The van der Waals surface area contributed by atoms with E-state index in [1.165, 1.54) is 4.90 Å². The van der Waals surface area contributed by atoms with Crippen molar-refractivity contribution in [3.63, 3.8) is 0 Å². The number of aliphatic carboxylic acids is 1. The molecule has 2 aliphatic rings. The zero-order valence-corrected chi connectivity index (χ0v) is 34.0. The molecule has 2 unspecified atom stereocenters. The molecular weight excluding hydrogens is 737 g/mol. The van der Waals surface area contributed by atoms with E-state index in [0.717, 1.165) is 51.2 Å². The number of ether oxygens (including phenoxy) is 3. The monoisotopic (exact) mass is 786 g/mol. The Hall–Kier alpha value is -6.17. The molecule has 0 fully saturated rings. The Kier molecular flexibility index (Phi) is 11.3. The highest BCUT2D eigenvalue weighted by molar-refractivity contribution is 5.98. The molecule has 2 amide bonds. The average molecular weight is 787 g/mol. The molecule has 7 rings (SSSR count). The summed E-state index contributed by atoms with van der Waals surface area (Å²) in [7, 11) is 0. The fraction of sp³-hybridized carbons (Fsp3) is 0.370. The van der Waals surface area contributed by atoms with E-state index in [9.17, 15) is 19.5 Å². The highest BCUT2D eigenvalue weighted by Gasteiger charge is 2.41. The highest BCUT2D eigenvalue weighted by atomic mass is 16.6. The standard InChI is InChI=1S/C46H50N4O8/c1-26-27(2)47-19-16-35(26)31-10-8-30(9-11-31)22-37(45(53)54)49-43(51)42-36-24-39-38(23-33(36)17-20-50(42)44(52)41-28(3)57-29(4)48-41)56-25-40(58-39)32-12-14-34(15-13-32)55-21-18-46(5,6)7/h8-16,19,23-24,37,40,42H,17-18,20-22,25H2,1-7H3,(H,49,51)(H,53,54)/t37?,40-,42?/m1/s1. The van der Waals surface area contributed by atoms with E-state index in [2.05, 4.69) is 36.1 Å². The molecule has 12 nitrogen and oxygen atoms in total. The summed E-state index contributed by atoms with van der Waals surface area (Å²) in [6.45, 7) is 14.9. The van der Waals surface area contributed by atoms with Gasteiger partial charge in [-0.25, -0.2) is 9.78 Å². The fourth-order valence-corrected chi connectivity index (χ4v) is 7.43. The van der Waals surface area contributed by atoms with Gasteiger partial charge in [0.25, 0.3) is 5.91 Å². The summed E-state index contributed by atoms with van der Waals surface area (Å²) >= 11 is 0. The maximum Gasteiger partial charge on any atom is 0.326 e. The molecule has 0 spiro atoms. The van der Waals surface area contributed by atoms with Crippen LogP contribution in [0.2, 0.25) is 0 Å². The second-order valence-corrected chi connectivity index (χ2v) is 16.3. The van der Waals surface area contributed by atoms with Crippen LogP contribution in [0.1, 0.15) is 95.0 Å². The molecule has 0 bridgehead atoms. The predicted molar refractivity (Wildman–Crippen MR) is 217 cm³/mol. The van der Waals surface area contributed by atoms with E-state index in [4.69, 9.17) is 18.6 Å². The molecule has 58 heavy (non-hydrogen) atoms. The van der Waals surface area contributed by atoms with Gasteiger partial charge in [-0.05, 0) is 108 Å². The SMILES string of the molecule is Cc1nc(C(=O)N2CCc3cc4c(cc3C2C(=O)NC(Cc2ccc(-c3ccnc(C)c3C)cc2)C(=O)O)O[C@@H](c2ccc(OCCC(C)(C)C)cc2)CO4)c(C)o1. The van der Waals surface area contributed by atoms with E-state index in [1.807, 2.05) is 74.5 Å². The minimum absolute atomic E-state index is 0.0219. The summed E-state index contributed by atoms with van der Waals surface area (Å²) in [6.07, 6.45) is 2.68. The number of pyridine rings is 1. The number of carboxylic acid groups (broad SMARTS) is 1. The van der Waals surface area contributed by atoms with E-state index in [0.29, 0.717) is 41.7 Å². The van der Waals surface area contributed by atoms with Crippen LogP contribution in [0.3, 0.4) is 0 Å². The number of amides is 2. The van der Waals surface area contributed by atoms with E-state index >= 15 is 0 Å². The lowest BCUT2D eigenvalue weighted by molar-refractivity contribution is -0.142. The molecular formula is C46H50N4O8. The van der Waals surface area contributed by atoms with Crippen molar-refractivity contribution in [1.29, 1.82) is 0 Å². The molecule has 5 aromatic rings. The van der Waals surface area contributed by atoms with Gasteiger partial charge in [-0.1, -0.05) is 57.2 Å². The van der Waals surface area contributed by atoms with Gasteiger partial charge in [-0.15, -0.1) is 0 Å². The van der Waals surface area contributed by atoms with Gasteiger partial charge in [0.2, 0.25) is 5.91 Å². The number of carboxylic acids is 1. The Labute approximate surface area is 338 Å². The molecule has 2 N–H and O–H groups in total. The lowest BCUT2D eigenvalue weighted by atomic mass is 9.90. The maximum atomic E-state index is 14.5. The molecule has 0 aliphatic carbocycles. The van der Waals surface area contributed by atoms with Crippen LogP contribution in [0.4, 0.5) is 0 Å². The van der Waals surface area contributed by atoms with Gasteiger partial charge in [0.05, 0.1) is 6.61 Å². The Morgan fingerprint density at radius 1 is 0.983 bits per heavy atom. The lowest BCUT2D eigenvalue weighted by Crippen LogP contribution is -2.51. The van der Waals surface area contributed by atoms with Crippen LogP contribution in [0, 0.1) is 33.1 Å². The van der Waals surface area contributed by atoms with Crippen molar-refractivity contribution >= 4 is 17.8 Å². The molecule has 4 heterocycles. The largest absolute Gasteiger partial charge is 0.494 e. The first-order chi connectivity index (χ1) is 27.6. The van der Waals surface area contributed by atoms with E-state index in [1.54, 1.807) is 26.1 Å². The van der Waals surface area contributed by atoms with Crippen molar-refractivity contribution in [1.82, 2.24) is 20.2 Å². The Bertz CT molecular complexity index is 2330.